The van der Waals surface area contributed by atoms with Gasteiger partial charge in [0.15, 0.2) is 0 Å². The number of amides is 2. The molecule has 0 saturated carbocycles. The van der Waals surface area contributed by atoms with Gasteiger partial charge in [-0.05, 0) is 37.3 Å². The number of benzene rings is 2. The van der Waals surface area contributed by atoms with Crippen LogP contribution in [0.3, 0.4) is 0 Å². The summed E-state index contributed by atoms with van der Waals surface area (Å²) in [7, 11) is 0. The minimum atomic E-state index is -0.538. The quantitative estimate of drug-likeness (QED) is 0.656. The van der Waals surface area contributed by atoms with Crippen LogP contribution in [0.25, 0.3) is 0 Å². The summed E-state index contributed by atoms with van der Waals surface area (Å²) < 4.78 is 5.70. The average molecular weight is 381 g/mol. The molecule has 138 valence electrons. The van der Waals surface area contributed by atoms with Crippen molar-refractivity contribution in [3.05, 3.63) is 75.7 Å². The molecule has 0 aliphatic carbocycles. The number of nitrogens with zero attached hydrogens (tertiary/aromatic N) is 1. The Morgan fingerprint density at radius 3 is 2.70 bits per heavy atom. The van der Waals surface area contributed by atoms with Gasteiger partial charge in [-0.3, -0.25) is 9.59 Å². The zero-order chi connectivity index (χ0) is 19.2. The van der Waals surface area contributed by atoms with E-state index in [1.54, 1.807) is 24.3 Å². The summed E-state index contributed by atoms with van der Waals surface area (Å²) in [5.41, 5.74) is 7.96. The van der Waals surface area contributed by atoms with Crippen molar-refractivity contribution >= 4 is 28.8 Å². The van der Waals surface area contributed by atoms with Crippen LogP contribution in [-0.4, -0.2) is 16.8 Å². The topological polar surface area (TPSA) is 94.3 Å². The minimum Gasteiger partial charge on any atom is -0.486 e. The first-order valence-electron chi connectivity index (χ1n) is 8.32. The third-order valence-corrected chi connectivity index (χ3v) is 4.63. The Bertz CT molecular complexity index is 951. The van der Waals surface area contributed by atoms with Crippen molar-refractivity contribution < 1.29 is 14.3 Å². The first kappa shape index (κ1) is 18.6. The fourth-order valence-corrected chi connectivity index (χ4v) is 3.10. The van der Waals surface area contributed by atoms with Crippen LogP contribution in [0.15, 0.2) is 53.9 Å². The van der Waals surface area contributed by atoms with Crippen LogP contribution in [0, 0.1) is 6.92 Å². The van der Waals surface area contributed by atoms with Crippen LogP contribution < -0.4 is 15.8 Å². The van der Waals surface area contributed by atoms with E-state index < -0.39 is 5.91 Å². The second kappa shape index (κ2) is 8.46. The van der Waals surface area contributed by atoms with Crippen LogP contribution >= 0.6 is 11.3 Å². The number of ether oxygens (including phenoxy) is 1. The molecule has 0 radical (unpaired) electrons. The summed E-state index contributed by atoms with van der Waals surface area (Å²) in [6.07, 6.45) is 0.141. The molecule has 27 heavy (non-hydrogen) atoms. The van der Waals surface area contributed by atoms with Crippen LogP contribution in [-0.2, 0) is 17.8 Å². The first-order chi connectivity index (χ1) is 13.0. The number of thiazole rings is 1. The van der Waals surface area contributed by atoms with E-state index in [1.165, 1.54) is 16.9 Å². The SMILES string of the molecule is Cc1ccc(OCc2nc(CC(=O)Nc3cccc(C(N)=O)c3)cs2)cc1. The number of carbonyl (C=O) groups excluding carboxylic acids is 2. The van der Waals surface area contributed by atoms with E-state index in [9.17, 15) is 9.59 Å². The molecule has 0 atom stereocenters. The second-order valence-corrected chi connectivity index (χ2v) is 6.95. The van der Waals surface area contributed by atoms with Gasteiger partial charge < -0.3 is 15.8 Å². The predicted molar refractivity (Wildman–Crippen MR) is 105 cm³/mol. The molecule has 0 fully saturated rings. The molecule has 0 aliphatic heterocycles. The molecule has 0 aliphatic rings. The third kappa shape index (κ3) is 5.39. The average Bonchev–Trinajstić information content (AvgIpc) is 3.08. The monoisotopic (exact) mass is 381 g/mol. The molecule has 2 amide bonds. The molecule has 0 unspecified atom stereocenters. The Morgan fingerprint density at radius 1 is 1.19 bits per heavy atom. The van der Waals surface area contributed by atoms with Crippen molar-refractivity contribution in [1.29, 1.82) is 0 Å². The fourth-order valence-electron chi connectivity index (χ4n) is 2.40. The van der Waals surface area contributed by atoms with Crippen molar-refractivity contribution in [2.75, 3.05) is 5.32 Å². The highest BCUT2D eigenvalue weighted by molar-refractivity contribution is 7.09. The summed E-state index contributed by atoms with van der Waals surface area (Å²) >= 11 is 1.45. The highest BCUT2D eigenvalue weighted by Crippen LogP contribution is 2.17. The standard InChI is InChI=1S/C20H19N3O3S/c1-13-5-7-17(8-6-13)26-11-19-23-16(12-27-19)10-18(24)22-15-4-2-3-14(9-15)20(21)25/h2-9,12H,10-11H2,1H3,(H2,21,25)(H,22,24). The van der Waals surface area contributed by atoms with E-state index in [0.717, 1.165) is 10.8 Å². The molecule has 3 N–H and O–H groups in total. The highest BCUT2D eigenvalue weighted by atomic mass is 32.1. The number of aryl methyl sites for hydroxylation is 1. The largest absolute Gasteiger partial charge is 0.486 e. The van der Waals surface area contributed by atoms with E-state index in [1.807, 2.05) is 36.6 Å². The second-order valence-electron chi connectivity index (χ2n) is 6.00. The lowest BCUT2D eigenvalue weighted by Gasteiger charge is -2.05. The Kier molecular flexibility index (Phi) is 5.83. The van der Waals surface area contributed by atoms with Crippen molar-refractivity contribution in [2.45, 2.75) is 20.0 Å². The van der Waals surface area contributed by atoms with Crippen LogP contribution in [0.4, 0.5) is 5.69 Å². The molecule has 6 nitrogen and oxygen atoms in total. The van der Waals surface area contributed by atoms with Crippen LogP contribution in [0.2, 0.25) is 0 Å². The maximum Gasteiger partial charge on any atom is 0.248 e. The van der Waals surface area contributed by atoms with Gasteiger partial charge in [0.25, 0.3) is 0 Å². The molecule has 3 rings (SSSR count). The number of aromatic nitrogens is 1. The maximum absolute atomic E-state index is 12.2. The van der Waals surface area contributed by atoms with Crippen molar-refractivity contribution in [2.24, 2.45) is 5.73 Å². The Balaban J connectivity index is 1.53. The minimum absolute atomic E-state index is 0.141. The Morgan fingerprint density at radius 2 is 1.96 bits per heavy atom. The zero-order valence-corrected chi connectivity index (χ0v) is 15.6. The lowest BCUT2D eigenvalue weighted by atomic mass is 10.2. The van der Waals surface area contributed by atoms with Crippen molar-refractivity contribution in [3.8, 4) is 5.75 Å². The summed E-state index contributed by atoms with van der Waals surface area (Å²) in [5.74, 6) is 0.0289. The van der Waals surface area contributed by atoms with Crippen molar-refractivity contribution in [3.63, 3.8) is 0 Å². The number of hydrogen-bond acceptors (Lipinski definition) is 5. The number of rotatable bonds is 7. The van der Waals surface area contributed by atoms with Gasteiger partial charge >= 0.3 is 0 Å². The van der Waals surface area contributed by atoms with Gasteiger partial charge in [-0.1, -0.05) is 23.8 Å². The van der Waals surface area contributed by atoms with Gasteiger partial charge in [-0.25, -0.2) is 4.98 Å². The Labute approximate surface area is 161 Å². The Hall–Kier alpha value is -3.19. The highest BCUT2D eigenvalue weighted by Gasteiger charge is 2.10. The summed E-state index contributed by atoms with van der Waals surface area (Å²) in [4.78, 5) is 27.8. The predicted octanol–water partition coefficient (Wildman–Crippen LogP) is 3.31. The number of nitrogens with one attached hydrogen (secondary N) is 1. The maximum atomic E-state index is 12.2. The van der Waals surface area contributed by atoms with Gasteiger partial charge in [0.05, 0.1) is 12.1 Å². The molecule has 2 aromatic carbocycles. The molecule has 7 heteroatoms. The van der Waals surface area contributed by atoms with Gasteiger partial charge in [-0.2, -0.15) is 0 Å². The van der Waals surface area contributed by atoms with Crippen LogP contribution in [0.5, 0.6) is 5.75 Å². The third-order valence-electron chi connectivity index (χ3n) is 3.76. The lowest BCUT2D eigenvalue weighted by Crippen LogP contribution is -2.16. The van der Waals surface area contributed by atoms with E-state index in [4.69, 9.17) is 10.5 Å². The van der Waals surface area contributed by atoms with Crippen molar-refractivity contribution in [1.82, 2.24) is 4.98 Å². The number of carbonyl (C=O) groups is 2. The molecule has 0 bridgehead atoms. The summed E-state index contributed by atoms with van der Waals surface area (Å²) in [6.45, 7) is 2.38. The zero-order valence-electron chi connectivity index (χ0n) is 14.8. The molecule has 0 spiro atoms. The smallest absolute Gasteiger partial charge is 0.248 e. The summed E-state index contributed by atoms with van der Waals surface area (Å²) in [5, 5.41) is 5.39. The van der Waals surface area contributed by atoms with E-state index >= 15 is 0 Å². The molecule has 1 heterocycles. The van der Waals surface area contributed by atoms with E-state index in [2.05, 4.69) is 10.3 Å². The lowest BCUT2D eigenvalue weighted by molar-refractivity contribution is -0.115. The van der Waals surface area contributed by atoms with E-state index in [-0.39, 0.29) is 12.3 Å². The molecular formula is C20H19N3O3S. The molecule has 3 aromatic rings. The number of hydrogen-bond donors (Lipinski definition) is 2. The van der Waals surface area contributed by atoms with Gasteiger partial charge in [0.1, 0.15) is 17.4 Å². The number of anilines is 1. The van der Waals surface area contributed by atoms with Crippen LogP contribution in [0.1, 0.15) is 26.6 Å². The normalized spacial score (nSPS) is 10.4. The first-order valence-corrected chi connectivity index (χ1v) is 9.20. The van der Waals surface area contributed by atoms with Gasteiger partial charge in [0, 0.05) is 16.6 Å². The summed E-state index contributed by atoms with van der Waals surface area (Å²) in [6, 6.07) is 14.3. The number of nitrogens with two attached hydrogens (primary N) is 1. The molecule has 0 saturated heterocycles. The molecular weight excluding hydrogens is 362 g/mol. The van der Waals surface area contributed by atoms with Gasteiger partial charge in [-0.15, -0.1) is 11.3 Å². The van der Waals surface area contributed by atoms with E-state index in [0.29, 0.717) is 23.6 Å². The number of primary amides is 1. The fraction of sp³-hybridized carbons (Fsp3) is 0.150. The molecule has 1 aromatic heterocycles. The van der Waals surface area contributed by atoms with Gasteiger partial charge in [0.2, 0.25) is 11.8 Å².